The van der Waals surface area contributed by atoms with E-state index in [0.29, 0.717) is 11.3 Å². The fourth-order valence-electron chi connectivity index (χ4n) is 2.08. The molecule has 106 valence electrons. The second-order valence-electron chi connectivity index (χ2n) is 4.78. The van der Waals surface area contributed by atoms with Gasteiger partial charge in [-0.05, 0) is 19.1 Å². The molecule has 0 saturated heterocycles. The van der Waals surface area contributed by atoms with Crippen LogP contribution in [0.15, 0.2) is 18.2 Å². The maximum Gasteiger partial charge on any atom is 0.306 e. The van der Waals surface area contributed by atoms with Crippen molar-refractivity contribution >= 4 is 5.97 Å². The van der Waals surface area contributed by atoms with E-state index in [1.165, 1.54) is 20.3 Å². The number of hydrogen-bond donors (Lipinski definition) is 1. The first-order valence-electron chi connectivity index (χ1n) is 6.02. The Morgan fingerprint density at radius 3 is 2.58 bits per heavy atom. The number of esters is 1. The van der Waals surface area contributed by atoms with E-state index in [2.05, 4.69) is 4.74 Å². The number of carbonyl (C=O) groups excluding carboxylic acids is 1. The molecule has 19 heavy (non-hydrogen) atoms. The Labute approximate surface area is 112 Å². The minimum Gasteiger partial charge on any atom is -0.496 e. The zero-order chi connectivity index (χ0) is 14.6. The fraction of sp³-hybridized carbons (Fsp3) is 0.500. The third-order valence-electron chi connectivity index (χ3n) is 3.51. The number of methoxy groups -OCH3 is 2. The summed E-state index contributed by atoms with van der Waals surface area (Å²) in [6.45, 7) is 3.46. The van der Waals surface area contributed by atoms with Gasteiger partial charge in [-0.1, -0.05) is 13.0 Å². The van der Waals surface area contributed by atoms with Crippen molar-refractivity contribution in [3.8, 4) is 5.75 Å². The summed E-state index contributed by atoms with van der Waals surface area (Å²) in [4.78, 5) is 11.6. The van der Waals surface area contributed by atoms with E-state index in [0.717, 1.165) is 0 Å². The average Bonchev–Trinajstić information content (AvgIpc) is 2.37. The summed E-state index contributed by atoms with van der Waals surface area (Å²) in [5.41, 5.74) is 5.37. The second-order valence-corrected chi connectivity index (χ2v) is 4.78. The Bertz CT molecular complexity index is 462. The zero-order valence-electron chi connectivity index (χ0n) is 11.7. The van der Waals surface area contributed by atoms with Gasteiger partial charge in [-0.25, -0.2) is 4.39 Å². The minimum absolute atomic E-state index is 0.0154. The van der Waals surface area contributed by atoms with E-state index in [-0.39, 0.29) is 6.42 Å². The highest BCUT2D eigenvalue weighted by atomic mass is 19.1. The molecule has 1 rings (SSSR count). The van der Waals surface area contributed by atoms with Gasteiger partial charge in [0.15, 0.2) is 0 Å². The van der Waals surface area contributed by atoms with E-state index >= 15 is 0 Å². The van der Waals surface area contributed by atoms with Gasteiger partial charge in [0.25, 0.3) is 0 Å². The summed E-state index contributed by atoms with van der Waals surface area (Å²) < 4.78 is 24.0. The van der Waals surface area contributed by atoms with Gasteiger partial charge < -0.3 is 15.2 Å². The molecule has 0 aliphatic heterocycles. The maximum atomic E-state index is 14.2. The summed E-state index contributed by atoms with van der Waals surface area (Å²) >= 11 is 0. The molecule has 2 N–H and O–H groups in total. The fourth-order valence-corrected chi connectivity index (χ4v) is 2.08. The minimum atomic E-state index is -0.899. The van der Waals surface area contributed by atoms with Gasteiger partial charge in [0, 0.05) is 17.0 Å². The van der Waals surface area contributed by atoms with E-state index < -0.39 is 23.2 Å². The molecule has 0 amide bonds. The molecule has 0 aliphatic rings. The van der Waals surface area contributed by atoms with Gasteiger partial charge >= 0.3 is 5.97 Å². The molecule has 1 aromatic carbocycles. The number of ether oxygens (including phenoxy) is 2. The number of halogens is 1. The van der Waals surface area contributed by atoms with Crippen LogP contribution in [0.2, 0.25) is 0 Å². The Hall–Kier alpha value is -1.62. The van der Waals surface area contributed by atoms with Gasteiger partial charge in [0.2, 0.25) is 0 Å². The first-order valence-corrected chi connectivity index (χ1v) is 6.02. The normalized spacial score (nSPS) is 15.5. The molecule has 0 spiro atoms. The first kappa shape index (κ1) is 15.4. The van der Waals surface area contributed by atoms with E-state index in [9.17, 15) is 9.18 Å². The summed E-state index contributed by atoms with van der Waals surface area (Å²) in [7, 11) is 2.75. The topological polar surface area (TPSA) is 61.5 Å². The standard InChI is InChI=1S/C14H20FNO3/c1-9(16)14(2,8-12(17)19-4)13-10(15)6-5-7-11(13)18-3/h5-7,9H,8,16H2,1-4H3. The lowest BCUT2D eigenvalue weighted by Crippen LogP contribution is -2.43. The van der Waals surface area contributed by atoms with Crippen LogP contribution in [0.5, 0.6) is 5.75 Å². The van der Waals surface area contributed by atoms with Gasteiger partial charge in [0.1, 0.15) is 11.6 Å². The summed E-state index contributed by atoms with van der Waals surface area (Å²) in [6, 6.07) is 4.08. The van der Waals surface area contributed by atoms with E-state index in [1.54, 1.807) is 26.0 Å². The van der Waals surface area contributed by atoms with Crippen LogP contribution in [0.25, 0.3) is 0 Å². The van der Waals surface area contributed by atoms with Crippen LogP contribution in [0.1, 0.15) is 25.8 Å². The predicted octanol–water partition coefficient (Wildman–Crippen LogP) is 2.00. The summed E-state index contributed by atoms with van der Waals surface area (Å²) in [5.74, 6) is -0.503. The van der Waals surface area contributed by atoms with Crippen LogP contribution >= 0.6 is 0 Å². The van der Waals surface area contributed by atoms with Crippen LogP contribution < -0.4 is 10.5 Å². The lowest BCUT2D eigenvalue weighted by Gasteiger charge is -2.34. The monoisotopic (exact) mass is 269 g/mol. The number of rotatable bonds is 5. The quantitative estimate of drug-likeness (QED) is 0.830. The molecule has 0 bridgehead atoms. The lowest BCUT2D eigenvalue weighted by molar-refractivity contribution is -0.142. The van der Waals surface area contributed by atoms with Crippen molar-refractivity contribution in [3.05, 3.63) is 29.6 Å². The van der Waals surface area contributed by atoms with Gasteiger partial charge in [-0.15, -0.1) is 0 Å². The molecule has 0 aliphatic carbocycles. The molecule has 1 aromatic rings. The van der Waals surface area contributed by atoms with Crippen LogP contribution in [-0.4, -0.2) is 26.2 Å². The van der Waals surface area contributed by atoms with E-state index in [1.807, 2.05) is 0 Å². The van der Waals surface area contributed by atoms with Crippen LogP contribution in [0, 0.1) is 5.82 Å². The van der Waals surface area contributed by atoms with Crippen molar-refractivity contribution in [2.24, 2.45) is 5.73 Å². The highest BCUT2D eigenvalue weighted by Gasteiger charge is 2.38. The van der Waals surface area contributed by atoms with E-state index in [4.69, 9.17) is 10.5 Å². The molecule has 0 heterocycles. The zero-order valence-corrected chi connectivity index (χ0v) is 11.7. The molecule has 4 nitrogen and oxygen atoms in total. The smallest absolute Gasteiger partial charge is 0.306 e. The van der Waals surface area contributed by atoms with Crippen molar-refractivity contribution in [3.63, 3.8) is 0 Å². The number of hydrogen-bond acceptors (Lipinski definition) is 4. The van der Waals surface area contributed by atoms with Crippen molar-refractivity contribution in [2.75, 3.05) is 14.2 Å². The third kappa shape index (κ3) is 3.04. The molecule has 0 radical (unpaired) electrons. The molecular weight excluding hydrogens is 249 g/mol. The molecule has 2 unspecified atom stereocenters. The Morgan fingerprint density at radius 2 is 2.11 bits per heavy atom. The second kappa shape index (κ2) is 6.02. The number of carbonyl (C=O) groups is 1. The molecule has 5 heteroatoms. The maximum absolute atomic E-state index is 14.2. The largest absolute Gasteiger partial charge is 0.496 e. The molecule has 0 aromatic heterocycles. The molecular formula is C14H20FNO3. The highest BCUT2D eigenvalue weighted by molar-refractivity contribution is 5.72. The predicted molar refractivity (Wildman–Crippen MR) is 70.6 cm³/mol. The lowest BCUT2D eigenvalue weighted by atomic mass is 9.73. The summed E-state index contributed by atoms with van der Waals surface area (Å²) in [6.07, 6.45) is -0.0154. The third-order valence-corrected chi connectivity index (χ3v) is 3.51. The molecule has 0 fully saturated rings. The summed E-state index contributed by atoms with van der Waals surface area (Å²) in [5, 5.41) is 0. The van der Waals surface area contributed by atoms with Crippen LogP contribution in [0.4, 0.5) is 4.39 Å². The van der Waals surface area contributed by atoms with Gasteiger partial charge in [0.05, 0.1) is 20.6 Å². The van der Waals surface area contributed by atoms with Crippen molar-refractivity contribution in [1.29, 1.82) is 0 Å². The highest BCUT2D eigenvalue weighted by Crippen LogP contribution is 2.38. The van der Waals surface area contributed by atoms with Crippen molar-refractivity contribution in [2.45, 2.75) is 31.7 Å². The van der Waals surface area contributed by atoms with Crippen LogP contribution in [0.3, 0.4) is 0 Å². The molecule has 2 atom stereocenters. The van der Waals surface area contributed by atoms with Crippen molar-refractivity contribution in [1.82, 2.24) is 0 Å². The SMILES string of the molecule is COC(=O)CC(C)(c1c(F)cccc1OC)C(C)N. The Morgan fingerprint density at radius 1 is 1.47 bits per heavy atom. The first-order chi connectivity index (χ1) is 8.86. The van der Waals surface area contributed by atoms with Gasteiger partial charge in [-0.2, -0.15) is 0 Å². The van der Waals surface area contributed by atoms with Gasteiger partial charge in [-0.3, -0.25) is 4.79 Å². The average molecular weight is 269 g/mol. The van der Waals surface area contributed by atoms with Crippen LogP contribution in [-0.2, 0) is 14.9 Å². The van der Waals surface area contributed by atoms with Crippen molar-refractivity contribution < 1.29 is 18.7 Å². The Kier molecular flexibility index (Phi) is 4.89. The number of nitrogens with two attached hydrogens (primary N) is 1. The Balaban J connectivity index is 3.37. The molecule has 0 saturated carbocycles. The number of benzene rings is 1.